The van der Waals surface area contributed by atoms with Crippen LogP contribution in [0, 0.1) is 6.92 Å². The zero-order valence-corrected chi connectivity index (χ0v) is 16.5. The highest BCUT2D eigenvalue weighted by Crippen LogP contribution is 2.25. The van der Waals surface area contributed by atoms with E-state index in [2.05, 4.69) is 52.9 Å². The number of nitrogens with one attached hydrogen (secondary N) is 2. The van der Waals surface area contributed by atoms with Crippen LogP contribution in [0.4, 0.5) is 0 Å². The minimum absolute atomic E-state index is 0.687. The Bertz CT molecular complexity index is 802. The molecular formula is C22H29N3O2. The normalized spacial score (nSPS) is 13.1. The number of aliphatic imine (C=N–C) groups is 1. The first-order chi connectivity index (χ1) is 13.2. The van der Waals surface area contributed by atoms with Gasteiger partial charge < -0.3 is 20.1 Å². The molecule has 5 nitrogen and oxygen atoms in total. The first-order valence-electron chi connectivity index (χ1n) is 9.61. The molecule has 1 aliphatic heterocycles. The van der Waals surface area contributed by atoms with Gasteiger partial charge in [0.05, 0.1) is 13.2 Å². The molecule has 0 saturated carbocycles. The first-order valence-corrected chi connectivity index (χ1v) is 9.61. The molecule has 0 amide bonds. The van der Waals surface area contributed by atoms with Gasteiger partial charge in [0.15, 0.2) is 5.96 Å². The van der Waals surface area contributed by atoms with Crippen LogP contribution in [0.15, 0.2) is 41.4 Å². The van der Waals surface area contributed by atoms with Crippen LogP contribution in [0.25, 0.3) is 0 Å². The lowest BCUT2D eigenvalue weighted by atomic mass is 10.1. The smallest absolute Gasteiger partial charge is 0.191 e. The number of nitrogens with zero attached hydrogens (tertiary/aromatic N) is 1. The fourth-order valence-electron chi connectivity index (χ4n) is 3.27. The van der Waals surface area contributed by atoms with Crippen LogP contribution in [-0.4, -0.2) is 32.8 Å². The Kier molecular flexibility index (Phi) is 6.58. The van der Waals surface area contributed by atoms with Crippen LogP contribution in [0.2, 0.25) is 0 Å². The zero-order valence-electron chi connectivity index (χ0n) is 16.5. The molecule has 0 aromatic heterocycles. The second-order valence-corrected chi connectivity index (χ2v) is 6.68. The van der Waals surface area contributed by atoms with Gasteiger partial charge in [-0.05, 0) is 54.7 Å². The van der Waals surface area contributed by atoms with Gasteiger partial charge in [-0.3, -0.25) is 4.99 Å². The van der Waals surface area contributed by atoms with Crippen molar-refractivity contribution in [2.75, 3.05) is 26.8 Å². The Labute approximate surface area is 161 Å². The molecule has 144 valence electrons. The van der Waals surface area contributed by atoms with E-state index in [1.165, 1.54) is 16.7 Å². The van der Waals surface area contributed by atoms with E-state index in [1.807, 2.05) is 13.0 Å². The molecule has 0 radical (unpaired) electrons. The summed E-state index contributed by atoms with van der Waals surface area (Å²) < 4.78 is 11.2. The maximum Gasteiger partial charge on any atom is 0.191 e. The van der Waals surface area contributed by atoms with Gasteiger partial charge in [-0.25, -0.2) is 0 Å². The van der Waals surface area contributed by atoms with E-state index >= 15 is 0 Å². The number of guanidine groups is 1. The molecule has 5 heteroatoms. The number of hydrogen-bond acceptors (Lipinski definition) is 3. The average molecular weight is 367 g/mol. The summed E-state index contributed by atoms with van der Waals surface area (Å²) in [5.41, 5.74) is 5.00. The van der Waals surface area contributed by atoms with Crippen molar-refractivity contribution in [2.24, 2.45) is 4.99 Å². The van der Waals surface area contributed by atoms with E-state index in [9.17, 15) is 0 Å². The zero-order chi connectivity index (χ0) is 19.1. The molecule has 0 spiro atoms. The minimum Gasteiger partial charge on any atom is -0.494 e. The molecule has 0 unspecified atom stereocenters. The fraction of sp³-hybridized carbons (Fsp3) is 0.409. The summed E-state index contributed by atoms with van der Waals surface area (Å²) in [4.78, 5) is 4.31. The van der Waals surface area contributed by atoms with Crippen LogP contribution in [0.3, 0.4) is 0 Å². The lowest BCUT2D eigenvalue weighted by molar-refractivity contribution is 0.338. The maximum absolute atomic E-state index is 5.60. The van der Waals surface area contributed by atoms with E-state index in [1.54, 1.807) is 7.05 Å². The van der Waals surface area contributed by atoms with Crippen LogP contribution < -0.4 is 20.1 Å². The van der Waals surface area contributed by atoms with Crippen molar-refractivity contribution in [3.8, 4) is 11.5 Å². The monoisotopic (exact) mass is 367 g/mol. The topological polar surface area (TPSA) is 54.9 Å². The first kappa shape index (κ1) is 19.1. The lowest BCUT2D eigenvalue weighted by Gasteiger charge is -2.13. The second kappa shape index (κ2) is 9.31. The molecule has 0 aliphatic carbocycles. The maximum atomic E-state index is 5.60. The predicted molar refractivity (Wildman–Crippen MR) is 110 cm³/mol. The Morgan fingerprint density at radius 1 is 1.15 bits per heavy atom. The summed E-state index contributed by atoms with van der Waals surface area (Å²) in [6.07, 6.45) is 1.97. The molecule has 0 bridgehead atoms. The fourth-order valence-corrected chi connectivity index (χ4v) is 3.27. The number of hydrogen-bond donors (Lipinski definition) is 2. The molecule has 27 heavy (non-hydrogen) atoms. The third-order valence-corrected chi connectivity index (χ3v) is 4.68. The van der Waals surface area contributed by atoms with E-state index in [4.69, 9.17) is 9.47 Å². The summed E-state index contributed by atoms with van der Waals surface area (Å²) in [6.45, 7) is 7.12. The van der Waals surface area contributed by atoms with Gasteiger partial charge in [-0.15, -0.1) is 0 Å². The van der Waals surface area contributed by atoms with Gasteiger partial charge in [0, 0.05) is 26.6 Å². The van der Waals surface area contributed by atoms with Gasteiger partial charge in [0.1, 0.15) is 11.5 Å². The third-order valence-electron chi connectivity index (χ3n) is 4.68. The average Bonchev–Trinajstić information content (AvgIpc) is 3.14. The van der Waals surface area contributed by atoms with Gasteiger partial charge >= 0.3 is 0 Å². The van der Waals surface area contributed by atoms with Crippen molar-refractivity contribution in [1.82, 2.24) is 10.6 Å². The molecule has 3 rings (SSSR count). The van der Waals surface area contributed by atoms with E-state index in [-0.39, 0.29) is 0 Å². The largest absolute Gasteiger partial charge is 0.494 e. The highest BCUT2D eigenvalue weighted by molar-refractivity contribution is 5.79. The Morgan fingerprint density at radius 3 is 2.78 bits per heavy atom. The summed E-state index contributed by atoms with van der Waals surface area (Å²) in [6, 6.07) is 12.7. The molecule has 2 aromatic rings. The quantitative estimate of drug-likeness (QED) is 0.583. The molecule has 1 heterocycles. The third kappa shape index (κ3) is 5.16. The highest BCUT2D eigenvalue weighted by Gasteiger charge is 2.11. The number of fused-ring (bicyclic) bond motifs is 1. The van der Waals surface area contributed by atoms with Crippen LogP contribution in [-0.2, 0) is 19.4 Å². The molecule has 2 N–H and O–H groups in total. The minimum atomic E-state index is 0.687. The van der Waals surface area contributed by atoms with Crippen LogP contribution in [0.1, 0.15) is 29.2 Å². The van der Waals surface area contributed by atoms with Crippen molar-refractivity contribution in [1.29, 1.82) is 0 Å². The Balaban J connectivity index is 1.46. The second-order valence-electron chi connectivity index (χ2n) is 6.68. The summed E-state index contributed by atoms with van der Waals surface area (Å²) in [5, 5.41) is 6.76. The predicted octanol–water partition coefficient (Wildman–Crippen LogP) is 3.24. The molecule has 0 saturated heterocycles. The number of aryl methyl sites for hydroxylation is 1. The number of ether oxygens (including phenoxy) is 2. The Morgan fingerprint density at radius 2 is 2.00 bits per heavy atom. The number of benzene rings is 2. The molecule has 2 aromatic carbocycles. The van der Waals surface area contributed by atoms with Crippen molar-refractivity contribution in [3.05, 3.63) is 58.7 Å². The summed E-state index contributed by atoms with van der Waals surface area (Å²) in [5.74, 6) is 2.80. The van der Waals surface area contributed by atoms with Crippen LogP contribution >= 0.6 is 0 Å². The van der Waals surface area contributed by atoms with Gasteiger partial charge in [0.2, 0.25) is 0 Å². The molecule has 0 atom stereocenters. The van der Waals surface area contributed by atoms with Crippen molar-refractivity contribution in [2.45, 2.75) is 33.2 Å². The van der Waals surface area contributed by atoms with E-state index in [0.29, 0.717) is 6.61 Å². The standard InChI is InChI=1S/C22H29N3O2/c1-4-26-20-7-6-18(13-16(20)2)15-25-22(23-3)24-11-9-17-5-8-21-19(14-17)10-12-27-21/h5-8,13-14H,4,9-12,15H2,1-3H3,(H2,23,24,25). The van der Waals surface area contributed by atoms with Gasteiger partial charge in [-0.2, -0.15) is 0 Å². The van der Waals surface area contributed by atoms with Crippen molar-refractivity contribution >= 4 is 5.96 Å². The van der Waals surface area contributed by atoms with Crippen molar-refractivity contribution in [3.63, 3.8) is 0 Å². The summed E-state index contributed by atoms with van der Waals surface area (Å²) in [7, 11) is 1.80. The van der Waals surface area contributed by atoms with E-state index < -0.39 is 0 Å². The number of rotatable bonds is 7. The lowest BCUT2D eigenvalue weighted by Crippen LogP contribution is -2.37. The summed E-state index contributed by atoms with van der Waals surface area (Å²) >= 11 is 0. The van der Waals surface area contributed by atoms with Gasteiger partial charge in [-0.1, -0.05) is 24.3 Å². The molecular weight excluding hydrogens is 338 g/mol. The molecule has 1 aliphatic rings. The van der Waals surface area contributed by atoms with E-state index in [0.717, 1.165) is 55.6 Å². The van der Waals surface area contributed by atoms with Gasteiger partial charge in [0.25, 0.3) is 0 Å². The van der Waals surface area contributed by atoms with Crippen molar-refractivity contribution < 1.29 is 9.47 Å². The molecule has 0 fully saturated rings. The Hall–Kier alpha value is -2.69. The SMILES string of the molecule is CCOc1ccc(CNC(=NC)NCCc2ccc3c(c2)CCO3)cc1C. The van der Waals surface area contributed by atoms with Crippen LogP contribution in [0.5, 0.6) is 11.5 Å². The highest BCUT2D eigenvalue weighted by atomic mass is 16.5.